The monoisotopic (exact) mass is 247 g/mol. The van der Waals surface area contributed by atoms with Gasteiger partial charge in [0.15, 0.2) is 17.8 Å². The highest BCUT2D eigenvalue weighted by Crippen LogP contribution is 2.38. The van der Waals surface area contributed by atoms with Crippen molar-refractivity contribution in [3.63, 3.8) is 0 Å². The van der Waals surface area contributed by atoms with Gasteiger partial charge in [0.25, 0.3) is 0 Å². The highest BCUT2D eigenvalue weighted by atomic mass is 16.5. The molecule has 0 unspecified atom stereocenters. The number of carbonyl (C=O) groups excluding carboxylic acids is 1. The van der Waals surface area contributed by atoms with E-state index in [2.05, 4.69) is 5.16 Å². The second-order valence-electron chi connectivity index (χ2n) is 3.51. The van der Waals surface area contributed by atoms with Crippen LogP contribution in [0.3, 0.4) is 0 Å². The molecule has 0 saturated carbocycles. The Hall–Kier alpha value is -2.30. The Morgan fingerprint density at radius 1 is 1.44 bits per heavy atom. The summed E-state index contributed by atoms with van der Waals surface area (Å²) in [5, 5.41) is 3.83. The maximum absolute atomic E-state index is 10.9. The molecule has 0 spiro atoms. The van der Waals surface area contributed by atoms with Crippen LogP contribution in [-0.2, 0) is 0 Å². The highest BCUT2D eigenvalue weighted by Gasteiger charge is 2.17. The van der Waals surface area contributed by atoms with Crippen LogP contribution >= 0.6 is 0 Å². The molecule has 0 aliphatic heterocycles. The van der Waals surface area contributed by atoms with Gasteiger partial charge in [-0.05, 0) is 19.1 Å². The molecule has 0 atom stereocenters. The van der Waals surface area contributed by atoms with Gasteiger partial charge in [-0.3, -0.25) is 4.79 Å². The van der Waals surface area contributed by atoms with Gasteiger partial charge >= 0.3 is 0 Å². The first-order chi connectivity index (χ1) is 8.81. The summed E-state index contributed by atoms with van der Waals surface area (Å²) in [6.45, 7) is 2.41. The smallest absolute Gasteiger partial charge is 0.170 e. The lowest BCUT2D eigenvalue weighted by Crippen LogP contribution is -1.97. The van der Waals surface area contributed by atoms with Gasteiger partial charge < -0.3 is 14.0 Å². The molecular formula is C13H13NO4. The molecule has 0 saturated heterocycles. The average Bonchev–Trinajstić information content (AvgIpc) is 2.87. The molecule has 2 aromatic rings. The number of aromatic nitrogens is 1. The van der Waals surface area contributed by atoms with Crippen molar-refractivity contribution in [2.75, 3.05) is 13.7 Å². The number of ether oxygens (including phenoxy) is 2. The number of para-hydroxylation sites is 1. The van der Waals surface area contributed by atoms with Crippen molar-refractivity contribution in [2.24, 2.45) is 0 Å². The van der Waals surface area contributed by atoms with Gasteiger partial charge in [-0.1, -0.05) is 11.2 Å². The Balaban J connectivity index is 2.57. The molecule has 1 heterocycles. The van der Waals surface area contributed by atoms with E-state index in [9.17, 15) is 4.79 Å². The van der Waals surface area contributed by atoms with Gasteiger partial charge in [0, 0.05) is 0 Å². The number of benzene rings is 1. The Labute approximate surface area is 104 Å². The summed E-state index contributed by atoms with van der Waals surface area (Å²) in [4.78, 5) is 10.9. The van der Waals surface area contributed by atoms with Crippen LogP contribution in [-0.4, -0.2) is 25.2 Å². The van der Waals surface area contributed by atoms with E-state index in [1.807, 2.05) is 13.0 Å². The predicted octanol–water partition coefficient (Wildman–Crippen LogP) is 2.56. The molecule has 5 nitrogen and oxygen atoms in total. The quantitative estimate of drug-likeness (QED) is 0.760. The fourth-order valence-corrected chi connectivity index (χ4v) is 1.71. The first-order valence-electron chi connectivity index (χ1n) is 5.51. The standard InChI is InChI=1S/C13H13NO4/c1-3-17-11-6-4-5-10(13(11)16-2)12-9(7-15)8-18-14-12/h4-8H,3H2,1-2H3. The molecular weight excluding hydrogens is 234 g/mol. The summed E-state index contributed by atoms with van der Waals surface area (Å²) in [5.74, 6) is 1.15. The number of rotatable bonds is 5. The molecule has 0 fully saturated rings. The second kappa shape index (κ2) is 5.35. The lowest BCUT2D eigenvalue weighted by molar-refractivity contribution is 0.112. The first-order valence-corrected chi connectivity index (χ1v) is 5.51. The van der Waals surface area contributed by atoms with Crippen molar-refractivity contribution in [3.05, 3.63) is 30.0 Å². The number of hydrogen-bond donors (Lipinski definition) is 0. The second-order valence-corrected chi connectivity index (χ2v) is 3.51. The minimum atomic E-state index is 0.377. The number of carbonyl (C=O) groups is 1. The van der Waals surface area contributed by atoms with Crippen molar-refractivity contribution in [1.29, 1.82) is 0 Å². The summed E-state index contributed by atoms with van der Waals surface area (Å²) in [5.41, 5.74) is 1.49. The van der Waals surface area contributed by atoms with E-state index >= 15 is 0 Å². The van der Waals surface area contributed by atoms with Crippen molar-refractivity contribution < 1.29 is 18.8 Å². The van der Waals surface area contributed by atoms with Crippen LogP contribution in [0.5, 0.6) is 11.5 Å². The maximum atomic E-state index is 10.9. The van der Waals surface area contributed by atoms with Crippen LogP contribution in [0, 0.1) is 0 Å². The van der Waals surface area contributed by atoms with Gasteiger partial charge in [-0.2, -0.15) is 0 Å². The van der Waals surface area contributed by atoms with Gasteiger partial charge in [0.2, 0.25) is 0 Å². The molecule has 18 heavy (non-hydrogen) atoms. The Bertz CT molecular complexity index is 548. The number of aldehydes is 1. The third-order valence-electron chi connectivity index (χ3n) is 2.46. The summed E-state index contributed by atoms with van der Waals surface area (Å²) in [7, 11) is 1.54. The lowest BCUT2D eigenvalue weighted by atomic mass is 10.1. The van der Waals surface area contributed by atoms with Gasteiger partial charge in [-0.15, -0.1) is 0 Å². The molecule has 0 radical (unpaired) electrons. The van der Waals surface area contributed by atoms with E-state index in [1.54, 1.807) is 19.2 Å². The fraction of sp³-hybridized carbons (Fsp3) is 0.231. The van der Waals surface area contributed by atoms with Crippen LogP contribution in [0.1, 0.15) is 17.3 Å². The minimum absolute atomic E-state index is 0.377. The van der Waals surface area contributed by atoms with Gasteiger partial charge in [0.05, 0.1) is 24.8 Å². The van der Waals surface area contributed by atoms with Crippen LogP contribution in [0.4, 0.5) is 0 Å². The number of methoxy groups -OCH3 is 1. The molecule has 1 aromatic carbocycles. The largest absolute Gasteiger partial charge is 0.492 e. The van der Waals surface area contributed by atoms with Crippen molar-refractivity contribution in [3.8, 4) is 22.8 Å². The van der Waals surface area contributed by atoms with E-state index in [0.29, 0.717) is 41.2 Å². The van der Waals surface area contributed by atoms with Crippen molar-refractivity contribution >= 4 is 6.29 Å². The summed E-state index contributed by atoms with van der Waals surface area (Å²) >= 11 is 0. The zero-order valence-corrected chi connectivity index (χ0v) is 10.2. The molecule has 1 aromatic heterocycles. The van der Waals surface area contributed by atoms with E-state index < -0.39 is 0 Å². The molecule has 0 amide bonds. The summed E-state index contributed by atoms with van der Waals surface area (Å²) < 4.78 is 15.6. The third-order valence-corrected chi connectivity index (χ3v) is 2.46. The number of nitrogens with zero attached hydrogens (tertiary/aromatic N) is 1. The maximum Gasteiger partial charge on any atom is 0.170 e. The molecule has 2 rings (SSSR count). The van der Waals surface area contributed by atoms with Gasteiger partial charge in [0.1, 0.15) is 12.0 Å². The van der Waals surface area contributed by atoms with E-state index in [-0.39, 0.29) is 0 Å². The van der Waals surface area contributed by atoms with Crippen LogP contribution in [0.25, 0.3) is 11.3 Å². The topological polar surface area (TPSA) is 61.6 Å². The minimum Gasteiger partial charge on any atom is -0.492 e. The highest BCUT2D eigenvalue weighted by molar-refractivity contribution is 5.87. The molecule has 5 heteroatoms. The van der Waals surface area contributed by atoms with E-state index in [1.165, 1.54) is 6.26 Å². The normalized spacial score (nSPS) is 10.1. The van der Waals surface area contributed by atoms with E-state index in [4.69, 9.17) is 14.0 Å². The molecule has 0 N–H and O–H groups in total. The van der Waals surface area contributed by atoms with Crippen LogP contribution in [0.15, 0.2) is 29.0 Å². The van der Waals surface area contributed by atoms with Gasteiger partial charge in [-0.25, -0.2) is 0 Å². The van der Waals surface area contributed by atoms with Crippen molar-refractivity contribution in [1.82, 2.24) is 5.16 Å². The van der Waals surface area contributed by atoms with Crippen molar-refractivity contribution in [2.45, 2.75) is 6.92 Å². The summed E-state index contributed by atoms with van der Waals surface area (Å²) in [6.07, 6.45) is 1.99. The third kappa shape index (κ3) is 2.07. The Morgan fingerprint density at radius 2 is 2.28 bits per heavy atom. The predicted molar refractivity (Wildman–Crippen MR) is 65.0 cm³/mol. The SMILES string of the molecule is CCOc1cccc(-c2nocc2C=O)c1OC. The Morgan fingerprint density at radius 3 is 2.94 bits per heavy atom. The summed E-state index contributed by atoms with van der Waals surface area (Å²) in [6, 6.07) is 5.41. The lowest BCUT2D eigenvalue weighted by Gasteiger charge is -2.12. The fourth-order valence-electron chi connectivity index (χ4n) is 1.71. The molecule has 0 aliphatic rings. The van der Waals surface area contributed by atoms with E-state index in [0.717, 1.165) is 0 Å². The molecule has 0 aliphatic carbocycles. The average molecular weight is 247 g/mol. The zero-order chi connectivity index (χ0) is 13.0. The molecule has 0 bridgehead atoms. The zero-order valence-electron chi connectivity index (χ0n) is 10.2. The molecule has 94 valence electrons. The number of hydrogen-bond acceptors (Lipinski definition) is 5. The van der Waals surface area contributed by atoms with Crippen LogP contribution < -0.4 is 9.47 Å². The van der Waals surface area contributed by atoms with Crippen LogP contribution in [0.2, 0.25) is 0 Å². The Kier molecular flexibility index (Phi) is 3.62. The first kappa shape index (κ1) is 12.2.